The summed E-state index contributed by atoms with van der Waals surface area (Å²) in [5, 5.41) is 14.7. The van der Waals surface area contributed by atoms with Gasteiger partial charge in [0.25, 0.3) is 0 Å². The Bertz CT molecular complexity index is 846. The van der Waals surface area contributed by atoms with E-state index in [4.69, 9.17) is 11.6 Å². The van der Waals surface area contributed by atoms with Crippen molar-refractivity contribution in [2.24, 2.45) is 0 Å². The summed E-state index contributed by atoms with van der Waals surface area (Å²) in [5.74, 6) is 0.595. The van der Waals surface area contributed by atoms with E-state index in [2.05, 4.69) is 20.8 Å². The second-order valence-electron chi connectivity index (χ2n) is 5.61. The summed E-state index contributed by atoms with van der Waals surface area (Å²) in [7, 11) is 0. The average Bonchev–Trinajstić information content (AvgIpc) is 2.61. The number of hydrogen-bond donors (Lipinski definition) is 2. The molecule has 0 bridgehead atoms. The Balaban J connectivity index is 1.57. The third-order valence-corrected chi connectivity index (χ3v) is 3.77. The predicted octanol–water partition coefficient (Wildman–Crippen LogP) is 4.36. The van der Waals surface area contributed by atoms with Gasteiger partial charge in [-0.25, -0.2) is 0 Å². The Morgan fingerprint density at radius 1 is 0.920 bits per heavy atom. The molecule has 0 saturated carbocycles. The number of nitrogens with one attached hydrogen (secondary N) is 2. The number of anilines is 3. The molecule has 2 aromatic carbocycles. The Morgan fingerprint density at radius 2 is 1.60 bits per heavy atom. The zero-order valence-corrected chi connectivity index (χ0v) is 14.4. The molecule has 0 fully saturated rings. The topological polar surface area (TPSA) is 66.9 Å². The number of nitrogens with zero attached hydrogens (tertiary/aromatic N) is 2. The second-order valence-corrected chi connectivity index (χ2v) is 6.05. The van der Waals surface area contributed by atoms with Gasteiger partial charge < -0.3 is 10.6 Å². The molecule has 0 aliphatic rings. The molecule has 0 saturated heterocycles. The van der Waals surface area contributed by atoms with Crippen LogP contribution in [0.3, 0.4) is 0 Å². The number of aryl methyl sites for hydroxylation is 1. The van der Waals surface area contributed by atoms with Crippen molar-refractivity contribution >= 4 is 34.7 Å². The molecule has 3 aromatic rings. The Kier molecular flexibility index (Phi) is 5.26. The van der Waals surface area contributed by atoms with Crippen LogP contribution in [0, 0.1) is 6.92 Å². The molecule has 0 spiro atoms. The molecule has 0 aliphatic carbocycles. The molecule has 0 aliphatic heterocycles. The van der Waals surface area contributed by atoms with Gasteiger partial charge in [0.05, 0.1) is 12.1 Å². The molecule has 0 unspecified atom stereocenters. The molecular weight excluding hydrogens is 336 g/mol. The lowest BCUT2D eigenvalue weighted by molar-refractivity contribution is -0.115. The molecular formula is C19H17ClN4O. The fraction of sp³-hybridized carbons (Fsp3) is 0.105. The van der Waals surface area contributed by atoms with Crippen LogP contribution in [0.15, 0.2) is 60.7 Å². The van der Waals surface area contributed by atoms with Gasteiger partial charge in [0.2, 0.25) is 5.91 Å². The van der Waals surface area contributed by atoms with Crippen molar-refractivity contribution in [3.8, 4) is 0 Å². The largest absolute Gasteiger partial charge is 0.339 e. The van der Waals surface area contributed by atoms with E-state index in [-0.39, 0.29) is 5.91 Å². The van der Waals surface area contributed by atoms with Crippen molar-refractivity contribution in [1.82, 2.24) is 10.2 Å². The van der Waals surface area contributed by atoms with Gasteiger partial charge in [-0.15, -0.1) is 5.10 Å². The van der Waals surface area contributed by atoms with Gasteiger partial charge in [-0.2, -0.15) is 5.10 Å². The highest BCUT2D eigenvalue weighted by Crippen LogP contribution is 2.18. The zero-order chi connectivity index (χ0) is 17.6. The number of aromatic nitrogens is 2. The third-order valence-electron chi connectivity index (χ3n) is 3.52. The highest BCUT2D eigenvalue weighted by molar-refractivity contribution is 6.30. The number of halogens is 1. The van der Waals surface area contributed by atoms with Crippen LogP contribution in [0.4, 0.5) is 17.2 Å². The number of benzene rings is 2. The van der Waals surface area contributed by atoms with E-state index in [0.717, 1.165) is 22.6 Å². The molecule has 3 rings (SSSR count). The summed E-state index contributed by atoms with van der Waals surface area (Å²) >= 11 is 5.84. The van der Waals surface area contributed by atoms with Crippen molar-refractivity contribution in [2.75, 3.05) is 10.6 Å². The molecule has 1 heterocycles. The Morgan fingerprint density at radius 3 is 2.24 bits per heavy atom. The molecule has 2 N–H and O–H groups in total. The minimum atomic E-state index is -0.0765. The number of carbonyl (C=O) groups excluding carboxylic acids is 1. The van der Waals surface area contributed by atoms with Crippen LogP contribution < -0.4 is 10.6 Å². The maximum absolute atomic E-state index is 12.1. The highest BCUT2D eigenvalue weighted by atomic mass is 35.5. The van der Waals surface area contributed by atoms with Crippen LogP contribution in [-0.2, 0) is 11.2 Å². The second kappa shape index (κ2) is 7.77. The molecule has 25 heavy (non-hydrogen) atoms. The summed E-state index contributed by atoms with van der Waals surface area (Å²) in [6.07, 6.45) is 0.302. The van der Waals surface area contributed by atoms with Crippen molar-refractivity contribution in [3.63, 3.8) is 0 Å². The predicted molar refractivity (Wildman–Crippen MR) is 100 cm³/mol. The lowest BCUT2D eigenvalue weighted by Crippen LogP contribution is -2.14. The standard InChI is InChI=1S/C19H17ClN4O/c1-13-2-11-18(24-23-13)21-16-7-9-17(10-8-16)22-19(25)12-14-3-5-15(20)6-4-14/h2-11H,12H2,1H3,(H,21,24)(H,22,25). The smallest absolute Gasteiger partial charge is 0.228 e. The SMILES string of the molecule is Cc1ccc(Nc2ccc(NC(=O)Cc3ccc(Cl)cc3)cc2)nn1. The maximum Gasteiger partial charge on any atom is 0.228 e. The number of amides is 1. The van der Waals surface area contributed by atoms with Gasteiger partial charge in [-0.05, 0) is 61.0 Å². The van der Waals surface area contributed by atoms with Crippen molar-refractivity contribution in [3.05, 3.63) is 76.9 Å². The first-order valence-corrected chi connectivity index (χ1v) is 8.18. The number of hydrogen-bond acceptors (Lipinski definition) is 4. The lowest BCUT2D eigenvalue weighted by atomic mass is 10.1. The summed E-state index contributed by atoms with van der Waals surface area (Å²) < 4.78 is 0. The Labute approximate surface area is 151 Å². The van der Waals surface area contributed by atoms with Gasteiger partial charge in [-0.1, -0.05) is 23.7 Å². The highest BCUT2D eigenvalue weighted by Gasteiger charge is 2.05. The van der Waals surface area contributed by atoms with Gasteiger partial charge in [0, 0.05) is 16.4 Å². The van der Waals surface area contributed by atoms with Gasteiger partial charge in [-0.3, -0.25) is 4.79 Å². The van der Waals surface area contributed by atoms with E-state index in [1.807, 2.05) is 55.5 Å². The molecule has 0 atom stereocenters. The number of rotatable bonds is 5. The van der Waals surface area contributed by atoms with Crippen LogP contribution in [0.25, 0.3) is 0 Å². The van der Waals surface area contributed by atoms with E-state index in [1.54, 1.807) is 12.1 Å². The molecule has 0 radical (unpaired) electrons. The van der Waals surface area contributed by atoms with Crippen LogP contribution in [0.2, 0.25) is 5.02 Å². The first-order valence-electron chi connectivity index (χ1n) is 7.80. The average molecular weight is 353 g/mol. The first-order chi connectivity index (χ1) is 12.1. The summed E-state index contributed by atoms with van der Waals surface area (Å²) in [6.45, 7) is 1.89. The van der Waals surface area contributed by atoms with Gasteiger partial charge in [0.1, 0.15) is 0 Å². The molecule has 126 valence electrons. The van der Waals surface area contributed by atoms with Crippen LogP contribution in [0.5, 0.6) is 0 Å². The number of carbonyl (C=O) groups is 1. The van der Waals surface area contributed by atoms with E-state index in [0.29, 0.717) is 17.3 Å². The quantitative estimate of drug-likeness (QED) is 0.715. The summed E-state index contributed by atoms with van der Waals surface area (Å²) in [5.41, 5.74) is 3.38. The van der Waals surface area contributed by atoms with Crippen LogP contribution >= 0.6 is 11.6 Å². The van der Waals surface area contributed by atoms with Crippen LogP contribution in [-0.4, -0.2) is 16.1 Å². The molecule has 1 aromatic heterocycles. The van der Waals surface area contributed by atoms with Crippen molar-refractivity contribution in [2.45, 2.75) is 13.3 Å². The van der Waals surface area contributed by atoms with E-state index < -0.39 is 0 Å². The van der Waals surface area contributed by atoms with Crippen molar-refractivity contribution < 1.29 is 4.79 Å². The monoisotopic (exact) mass is 352 g/mol. The van der Waals surface area contributed by atoms with E-state index in [9.17, 15) is 4.79 Å². The summed E-state index contributed by atoms with van der Waals surface area (Å²) in [6, 6.07) is 18.4. The minimum absolute atomic E-state index is 0.0765. The third kappa shape index (κ3) is 5.02. The van der Waals surface area contributed by atoms with Crippen molar-refractivity contribution in [1.29, 1.82) is 0 Å². The van der Waals surface area contributed by atoms with Gasteiger partial charge in [0.15, 0.2) is 5.82 Å². The Hall–Kier alpha value is -2.92. The molecule has 6 heteroatoms. The molecule has 1 amide bonds. The maximum atomic E-state index is 12.1. The zero-order valence-electron chi connectivity index (χ0n) is 13.7. The fourth-order valence-corrected chi connectivity index (χ4v) is 2.37. The van der Waals surface area contributed by atoms with Gasteiger partial charge >= 0.3 is 0 Å². The minimum Gasteiger partial charge on any atom is -0.339 e. The van der Waals surface area contributed by atoms with E-state index in [1.165, 1.54) is 0 Å². The molecule has 5 nitrogen and oxygen atoms in total. The van der Waals surface area contributed by atoms with E-state index >= 15 is 0 Å². The van der Waals surface area contributed by atoms with Crippen LogP contribution in [0.1, 0.15) is 11.3 Å². The normalized spacial score (nSPS) is 10.3. The fourth-order valence-electron chi connectivity index (χ4n) is 2.24. The lowest BCUT2D eigenvalue weighted by Gasteiger charge is -2.08. The first kappa shape index (κ1) is 16.9. The summed E-state index contributed by atoms with van der Waals surface area (Å²) in [4.78, 5) is 12.1.